The van der Waals surface area contributed by atoms with Gasteiger partial charge in [0.25, 0.3) is 10.0 Å². The van der Waals surface area contributed by atoms with Crippen LogP contribution in [0, 0.1) is 12.7 Å². The Balaban J connectivity index is 2.11. The number of nitrogens with one attached hydrogen (secondary N) is 1. The highest BCUT2D eigenvalue weighted by Crippen LogP contribution is 2.34. The number of aryl methyl sites for hydroxylation is 1. The molecule has 1 N–H and O–H groups in total. The highest BCUT2D eigenvalue weighted by Gasteiger charge is 2.34. The molecule has 0 saturated heterocycles. The maximum atomic E-state index is 14.2. The summed E-state index contributed by atoms with van der Waals surface area (Å²) in [7, 11) is -1.37. The van der Waals surface area contributed by atoms with Crippen molar-refractivity contribution in [1.29, 1.82) is 0 Å². The molecule has 0 saturated carbocycles. The van der Waals surface area contributed by atoms with E-state index < -0.39 is 34.3 Å². The average molecular weight is 614 g/mol. The van der Waals surface area contributed by atoms with Gasteiger partial charge in [0.1, 0.15) is 18.4 Å². The van der Waals surface area contributed by atoms with E-state index in [1.54, 1.807) is 25.1 Å². The van der Waals surface area contributed by atoms with Crippen LogP contribution in [0.3, 0.4) is 0 Å². The number of nitrogens with zero attached hydrogens (tertiary/aromatic N) is 2. The standard InChI is InChI=1S/C32H40FN3O6S/c1-7-23(4)34-32(38)28(8-2)35(20-24-11-13-25(33)14-12-24)31(37)21-36(26-15-18-29(41-5)30(19-26)42-6)43(39,40)27-16-9-22(3)10-17-27/h9-19,23,28H,7-8,20-21H2,1-6H3,(H,34,38). The number of carbonyl (C=O) groups is 2. The van der Waals surface area contributed by atoms with Crippen molar-refractivity contribution >= 4 is 27.5 Å². The summed E-state index contributed by atoms with van der Waals surface area (Å²) in [6.07, 6.45) is 0.965. The van der Waals surface area contributed by atoms with Gasteiger partial charge < -0.3 is 19.7 Å². The van der Waals surface area contributed by atoms with Crippen LogP contribution in [-0.4, -0.2) is 58.0 Å². The zero-order valence-corrected chi connectivity index (χ0v) is 26.3. The van der Waals surface area contributed by atoms with Gasteiger partial charge in [-0.2, -0.15) is 0 Å². The van der Waals surface area contributed by atoms with Crippen molar-refractivity contribution in [3.05, 3.63) is 83.7 Å². The lowest BCUT2D eigenvalue weighted by atomic mass is 10.1. The first kappa shape index (κ1) is 33.4. The van der Waals surface area contributed by atoms with Gasteiger partial charge in [-0.1, -0.05) is 43.7 Å². The van der Waals surface area contributed by atoms with Crippen molar-refractivity contribution in [3.8, 4) is 11.5 Å². The Kier molecular flexibility index (Phi) is 11.5. The van der Waals surface area contributed by atoms with Crippen LogP contribution < -0.4 is 19.1 Å². The van der Waals surface area contributed by atoms with E-state index >= 15 is 0 Å². The molecule has 232 valence electrons. The van der Waals surface area contributed by atoms with Gasteiger partial charge >= 0.3 is 0 Å². The lowest BCUT2D eigenvalue weighted by Crippen LogP contribution is -2.53. The van der Waals surface area contributed by atoms with Crippen LogP contribution in [-0.2, 0) is 26.2 Å². The Bertz CT molecular complexity index is 1500. The topological polar surface area (TPSA) is 105 Å². The van der Waals surface area contributed by atoms with Gasteiger partial charge in [-0.25, -0.2) is 12.8 Å². The number of rotatable bonds is 14. The minimum Gasteiger partial charge on any atom is -0.493 e. The smallest absolute Gasteiger partial charge is 0.264 e. The number of halogens is 1. The summed E-state index contributed by atoms with van der Waals surface area (Å²) in [5.74, 6) is -0.741. The molecular formula is C32H40FN3O6S. The molecule has 3 rings (SSSR count). The molecule has 0 spiro atoms. The number of hydrogen-bond donors (Lipinski definition) is 1. The van der Waals surface area contributed by atoms with Gasteiger partial charge in [-0.05, 0) is 68.7 Å². The second-order valence-corrected chi connectivity index (χ2v) is 12.1. The van der Waals surface area contributed by atoms with Crippen molar-refractivity contribution in [2.75, 3.05) is 25.1 Å². The first-order valence-electron chi connectivity index (χ1n) is 14.1. The molecule has 0 bridgehead atoms. The molecule has 0 aliphatic carbocycles. The summed E-state index contributed by atoms with van der Waals surface area (Å²) >= 11 is 0. The zero-order chi connectivity index (χ0) is 31.7. The number of hydrogen-bond acceptors (Lipinski definition) is 6. The molecule has 0 fully saturated rings. The van der Waals surface area contributed by atoms with Crippen LogP contribution in [0.1, 0.15) is 44.7 Å². The van der Waals surface area contributed by atoms with E-state index in [0.29, 0.717) is 17.7 Å². The fourth-order valence-electron chi connectivity index (χ4n) is 4.49. The Morgan fingerprint density at radius 3 is 2.09 bits per heavy atom. The first-order chi connectivity index (χ1) is 20.4. The molecular weight excluding hydrogens is 573 g/mol. The summed E-state index contributed by atoms with van der Waals surface area (Å²) in [5, 5.41) is 2.93. The number of anilines is 1. The normalized spacial score (nSPS) is 12.6. The molecule has 0 aliphatic heterocycles. The maximum Gasteiger partial charge on any atom is 0.264 e. The molecule has 0 aliphatic rings. The molecule has 3 aromatic rings. The molecule has 2 amide bonds. The summed E-state index contributed by atoms with van der Waals surface area (Å²) in [5.41, 5.74) is 1.63. The molecule has 9 nitrogen and oxygen atoms in total. The third-order valence-electron chi connectivity index (χ3n) is 7.20. The number of benzene rings is 3. The number of sulfonamides is 1. The predicted molar refractivity (Wildman–Crippen MR) is 164 cm³/mol. The van der Waals surface area contributed by atoms with Crippen LogP contribution >= 0.6 is 0 Å². The van der Waals surface area contributed by atoms with Gasteiger partial charge in [-0.15, -0.1) is 0 Å². The predicted octanol–water partition coefficient (Wildman–Crippen LogP) is 5.07. The van der Waals surface area contributed by atoms with Crippen molar-refractivity contribution < 1.29 is 31.9 Å². The Morgan fingerprint density at radius 2 is 1.53 bits per heavy atom. The molecule has 2 atom stereocenters. The van der Waals surface area contributed by atoms with E-state index in [4.69, 9.17) is 9.47 Å². The van der Waals surface area contributed by atoms with Crippen LogP contribution in [0.5, 0.6) is 11.5 Å². The van der Waals surface area contributed by atoms with Crippen molar-refractivity contribution in [1.82, 2.24) is 10.2 Å². The fraction of sp³-hybridized carbons (Fsp3) is 0.375. The summed E-state index contributed by atoms with van der Waals surface area (Å²) < 4.78 is 53.6. The molecule has 0 aromatic heterocycles. The third kappa shape index (κ3) is 8.25. The monoisotopic (exact) mass is 613 g/mol. The molecule has 0 heterocycles. The number of amides is 2. The Hall–Kier alpha value is -4.12. The van der Waals surface area contributed by atoms with Gasteiger partial charge in [0.15, 0.2) is 11.5 Å². The summed E-state index contributed by atoms with van der Waals surface area (Å²) in [6.45, 7) is 6.78. The lowest BCUT2D eigenvalue weighted by Gasteiger charge is -2.33. The largest absolute Gasteiger partial charge is 0.493 e. The average Bonchev–Trinajstić information content (AvgIpc) is 3.00. The van der Waals surface area contributed by atoms with Gasteiger partial charge in [0.2, 0.25) is 11.8 Å². The van der Waals surface area contributed by atoms with Crippen LogP contribution in [0.15, 0.2) is 71.6 Å². The van der Waals surface area contributed by atoms with Crippen molar-refractivity contribution in [2.24, 2.45) is 0 Å². The van der Waals surface area contributed by atoms with Crippen molar-refractivity contribution in [3.63, 3.8) is 0 Å². The highest BCUT2D eigenvalue weighted by molar-refractivity contribution is 7.92. The lowest BCUT2D eigenvalue weighted by molar-refractivity contribution is -0.140. The fourth-order valence-corrected chi connectivity index (χ4v) is 5.90. The van der Waals surface area contributed by atoms with E-state index in [1.165, 1.54) is 67.7 Å². The quantitative estimate of drug-likeness (QED) is 0.272. The third-order valence-corrected chi connectivity index (χ3v) is 8.98. The molecule has 2 unspecified atom stereocenters. The first-order valence-corrected chi connectivity index (χ1v) is 15.5. The van der Waals surface area contributed by atoms with E-state index in [1.807, 2.05) is 20.8 Å². The van der Waals surface area contributed by atoms with Crippen molar-refractivity contribution in [2.45, 2.75) is 64.1 Å². The number of ether oxygens (including phenoxy) is 2. The molecule has 3 aromatic carbocycles. The van der Waals surface area contributed by atoms with Gasteiger partial charge in [0.05, 0.1) is 24.8 Å². The Morgan fingerprint density at radius 1 is 0.907 bits per heavy atom. The van der Waals surface area contributed by atoms with E-state index in [9.17, 15) is 22.4 Å². The van der Waals surface area contributed by atoms with Crippen LogP contribution in [0.25, 0.3) is 0 Å². The maximum absolute atomic E-state index is 14.2. The second kappa shape index (κ2) is 14.9. The van der Waals surface area contributed by atoms with Gasteiger partial charge in [-0.3, -0.25) is 13.9 Å². The molecule has 43 heavy (non-hydrogen) atoms. The number of methoxy groups -OCH3 is 2. The molecule has 11 heteroatoms. The summed E-state index contributed by atoms with van der Waals surface area (Å²) in [6, 6.07) is 15.5. The number of carbonyl (C=O) groups excluding carboxylic acids is 2. The second-order valence-electron chi connectivity index (χ2n) is 10.3. The SMILES string of the molecule is CCC(C)NC(=O)C(CC)N(Cc1ccc(F)cc1)C(=O)CN(c1ccc(OC)c(OC)c1)S(=O)(=O)c1ccc(C)cc1. The highest BCUT2D eigenvalue weighted by atomic mass is 32.2. The minimum absolute atomic E-state index is 0.00711. The summed E-state index contributed by atoms with van der Waals surface area (Å²) in [4.78, 5) is 28.9. The van der Waals surface area contributed by atoms with E-state index in [-0.39, 0.29) is 41.2 Å². The zero-order valence-electron chi connectivity index (χ0n) is 25.5. The van der Waals surface area contributed by atoms with Crippen LogP contribution in [0.4, 0.5) is 10.1 Å². The van der Waals surface area contributed by atoms with Gasteiger partial charge in [0, 0.05) is 18.7 Å². The minimum atomic E-state index is -4.26. The van der Waals surface area contributed by atoms with Crippen LogP contribution in [0.2, 0.25) is 0 Å². The van der Waals surface area contributed by atoms with E-state index in [2.05, 4.69) is 5.32 Å². The van der Waals surface area contributed by atoms with E-state index in [0.717, 1.165) is 9.87 Å². The Labute approximate surface area is 253 Å². The molecule has 0 radical (unpaired) electrons.